The number of hydrogen-bond acceptors (Lipinski definition) is 5. The summed E-state index contributed by atoms with van der Waals surface area (Å²) in [5, 5.41) is 3.99. The van der Waals surface area contributed by atoms with E-state index in [0.29, 0.717) is 21.9 Å². The summed E-state index contributed by atoms with van der Waals surface area (Å²) >= 11 is 1.23. The maximum Gasteiger partial charge on any atom is 0.267 e. The van der Waals surface area contributed by atoms with Crippen molar-refractivity contribution in [2.75, 3.05) is 5.75 Å². The molecule has 1 unspecified atom stereocenters. The number of amides is 1. The quantitative estimate of drug-likeness (QED) is 0.335. The molecule has 4 aromatic rings. The molecule has 2 aromatic carbocycles. The maximum atomic E-state index is 13.3. The molecule has 168 valence electrons. The Bertz CT molecular complexity index is 1380. The van der Waals surface area contributed by atoms with Gasteiger partial charge in [0.25, 0.3) is 5.56 Å². The number of para-hydroxylation sites is 1. The first-order valence-corrected chi connectivity index (χ1v) is 11.8. The van der Waals surface area contributed by atoms with Crippen LogP contribution in [0.5, 0.6) is 0 Å². The summed E-state index contributed by atoms with van der Waals surface area (Å²) in [4.78, 5) is 35.1. The molecule has 0 aliphatic rings. The van der Waals surface area contributed by atoms with Crippen LogP contribution in [0.15, 0.2) is 70.7 Å². The molecule has 7 heteroatoms. The van der Waals surface area contributed by atoms with E-state index in [1.165, 1.54) is 27.5 Å². The fourth-order valence-electron chi connectivity index (χ4n) is 3.53. The number of fused-ring (bicyclic) bond motifs is 1. The third kappa shape index (κ3) is 4.98. The Kier molecular flexibility index (Phi) is 6.60. The second kappa shape index (κ2) is 9.58. The zero-order valence-electron chi connectivity index (χ0n) is 19.1. The number of aromatic nitrogens is 3. The fourth-order valence-corrected chi connectivity index (χ4v) is 4.35. The molecule has 0 bridgehead atoms. The minimum Gasteiger partial charge on any atom is -0.349 e. The van der Waals surface area contributed by atoms with E-state index in [2.05, 4.69) is 41.3 Å². The highest BCUT2D eigenvalue weighted by molar-refractivity contribution is 7.99. The molecular weight excluding hydrogens is 432 g/mol. The highest BCUT2D eigenvalue weighted by Gasteiger charge is 2.17. The Morgan fingerprint density at radius 3 is 2.58 bits per heavy atom. The van der Waals surface area contributed by atoms with Gasteiger partial charge in [-0.25, -0.2) is 14.5 Å². The van der Waals surface area contributed by atoms with Gasteiger partial charge in [0.05, 0.1) is 22.7 Å². The van der Waals surface area contributed by atoms with Crippen LogP contribution in [0.2, 0.25) is 0 Å². The van der Waals surface area contributed by atoms with Crippen molar-refractivity contribution in [1.82, 2.24) is 19.9 Å². The smallest absolute Gasteiger partial charge is 0.267 e. The molecule has 1 amide bonds. The molecule has 4 rings (SSSR count). The van der Waals surface area contributed by atoms with E-state index in [-0.39, 0.29) is 23.3 Å². The van der Waals surface area contributed by atoms with Gasteiger partial charge in [-0.1, -0.05) is 48.2 Å². The lowest BCUT2D eigenvalue weighted by atomic mass is 10.0. The number of carbonyl (C=O) groups is 1. The van der Waals surface area contributed by atoms with Crippen molar-refractivity contribution in [2.45, 2.75) is 38.9 Å². The predicted octanol–water partition coefficient (Wildman–Crippen LogP) is 4.68. The summed E-state index contributed by atoms with van der Waals surface area (Å²) in [5.41, 5.74) is 4.85. The summed E-state index contributed by atoms with van der Waals surface area (Å²) < 4.78 is 1.48. The SMILES string of the molecule is Cc1ccc(-n2c(SCC(=O)NC(C)c3ccc(C)c(C)c3)nc3ccccc3c2=O)nc1. The molecule has 0 saturated heterocycles. The third-order valence-corrected chi connectivity index (χ3v) is 6.55. The average molecular weight is 459 g/mol. The molecule has 0 aliphatic carbocycles. The van der Waals surface area contributed by atoms with Crippen LogP contribution in [0.4, 0.5) is 0 Å². The lowest BCUT2D eigenvalue weighted by Gasteiger charge is -2.16. The largest absolute Gasteiger partial charge is 0.349 e. The highest BCUT2D eigenvalue weighted by Crippen LogP contribution is 2.22. The van der Waals surface area contributed by atoms with Crippen LogP contribution in [0.3, 0.4) is 0 Å². The average Bonchev–Trinajstić information content (AvgIpc) is 2.80. The number of benzene rings is 2. The Balaban J connectivity index is 1.59. The maximum absolute atomic E-state index is 13.3. The van der Waals surface area contributed by atoms with E-state index < -0.39 is 0 Å². The number of rotatable bonds is 6. The predicted molar refractivity (Wildman–Crippen MR) is 133 cm³/mol. The van der Waals surface area contributed by atoms with Gasteiger partial charge in [0.15, 0.2) is 5.16 Å². The van der Waals surface area contributed by atoms with E-state index in [1.807, 2.05) is 38.1 Å². The van der Waals surface area contributed by atoms with Gasteiger partial charge in [-0.05, 0) is 68.1 Å². The molecule has 1 atom stereocenters. The van der Waals surface area contributed by atoms with Crippen LogP contribution in [-0.2, 0) is 4.79 Å². The van der Waals surface area contributed by atoms with Gasteiger partial charge in [0.2, 0.25) is 5.91 Å². The van der Waals surface area contributed by atoms with Crippen molar-refractivity contribution in [2.24, 2.45) is 0 Å². The first kappa shape index (κ1) is 22.7. The number of hydrogen-bond donors (Lipinski definition) is 1. The first-order chi connectivity index (χ1) is 15.8. The molecule has 6 nitrogen and oxygen atoms in total. The van der Waals surface area contributed by atoms with Gasteiger partial charge in [0.1, 0.15) is 5.82 Å². The van der Waals surface area contributed by atoms with Gasteiger partial charge in [-0.3, -0.25) is 9.59 Å². The number of aryl methyl sites for hydroxylation is 3. The van der Waals surface area contributed by atoms with Gasteiger partial charge in [-0.2, -0.15) is 0 Å². The van der Waals surface area contributed by atoms with Crippen LogP contribution < -0.4 is 10.9 Å². The highest BCUT2D eigenvalue weighted by atomic mass is 32.2. The van der Waals surface area contributed by atoms with Crippen molar-refractivity contribution in [3.63, 3.8) is 0 Å². The van der Waals surface area contributed by atoms with Gasteiger partial charge < -0.3 is 5.32 Å². The van der Waals surface area contributed by atoms with Crippen LogP contribution in [-0.4, -0.2) is 26.2 Å². The van der Waals surface area contributed by atoms with Gasteiger partial charge >= 0.3 is 0 Å². The molecule has 0 fully saturated rings. The van der Waals surface area contributed by atoms with Crippen LogP contribution in [0.25, 0.3) is 16.7 Å². The molecule has 0 radical (unpaired) electrons. The van der Waals surface area contributed by atoms with Crippen molar-refractivity contribution in [3.8, 4) is 5.82 Å². The molecule has 0 spiro atoms. The Labute approximate surface area is 197 Å². The Morgan fingerprint density at radius 2 is 1.85 bits per heavy atom. The molecule has 0 aliphatic heterocycles. The second-order valence-corrected chi connectivity index (χ2v) is 9.11. The monoisotopic (exact) mass is 458 g/mol. The standard InChI is InChI=1S/C26H26N4O2S/c1-16-9-12-23(27-14-16)30-25(32)21-7-5-6-8-22(21)29-26(30)33-15-24(31)28-19(4)20-11-10-17(2)18(3)13-20/h5-14,19H,15H2,1-4H3,(H,28,31). The molecular formula is C26H26N4O2S. The summed E-state index contributed by atoms with van der Waals surface area (Å²) in [6.45, 7) is 8.03. The Hall–Kier alpha value is -3.45. The number of carbonyl (C=O) groups excluding carboxylic acids is 1. The Morgan fingerprint density at radius 1 is 1.06 bits per heavy atom. The van der Waals surface area contributed by atoms with Crippen molar-refractivity contribution in [1.29, 1.82) is 0 Å². The second-order valence-electron chi connectivity index (χ2n) is 8.17. The number of nitrogens with zero attached hydrogens (tertiary/aromatic N) is 3. The molecule has 0 saturated carbocycles. The topological polar surface area (TPSA) is 76.9 Å². The van der Waals surface area contributed by atoms with E-state index in [1.54, 1.807) is 24.4 Å². The summed E-state index contributed by atoms with van der Waals surface area (Å²) in [7, 11) is 0. The molecule has 1 N–H and O–H groups in total. The van der Waals surface area contributed by atoms with Crippen LogP contribution in [0, 0.1) is 20.8 Å². The summed E-state index contributed by atoms with van der Waals surface area (Å²) in [6, 6.07) is 17.0. The minimum absolute atomic E-state index is 0.122. The van der Waals surface area contributed by atoms with Crippen molar-refractivity contribution < 1.29 is 4.79 Å². The molecule has 2 heterocycles. The van der Waals surface area contributed by atoms with Crippen LogP contribution in [0.1, 0.15) is 35.2 Å². The van der Waals surface area contributed by atoms with E-state index >= 15 is 0 Å². The first-order valence-electron chi connectivity index (χ1n) is 10.8. The third-order valence-electron chi connectivity index (χ3n) is 5.61. The van der Waals surface area contributed by atoms with Crippen molar-refractivity contribution >= 4 is 28.6 Å². The van der Waals surface area contributed by atoms with E-state index in [4.69, 9.17) is 0 Å². The fraction of sp³-hybridized carbons (Fsp3) is 0.231. The van der Waals surface area contributed by atoms with Crippen LogP contribution >= 0.6 is 11.8 Å². The van der Waals surface area contributed by atoms with E-state index in [0.717, 1.165) is 11.1 Å². The number of pyridine rings is 1. The lowest BCUT2D eigenvalue weighted by molar-refractivity contribution is -0.119. The zero-order valence-corrected chi connectivity index (χ0v) is 19.9. The minimum atomic E-state index is -0.205. The number of nitrogens with one attached hydrogen (secondary N) is 1. The molecule has 33 heavy (non-hydrogen) atoms. The van der Waals surface area contributed by atoms with Gasteiger partial charge in [0, 0.05) is 6.20 Å². The van der Waals surface area contributed by atoms with Crippen molar-refractivity contribution in [3.05, 3.63) is 93.4 Å². The lowest BCUT2D eigenvalue weighted by Crippen LogP contribution is -2.29. The number of thioether (sulfide) groups is 1. The summed E-state index contributed by atoms with van der Waals surface area (Å²) in [6.07, 6.45) is 1.71. The normalized spacial score (nSPS) is 12.0. The molecule has 2 aromatic heterocycles. The summed E-state index contributed by atoms with van der Waals surface area (Å²) in [5.74, 6) is 0.484. The zero-order chi connectivity index (χ0) is 23.5. The van der Waals surface area contributed by atoms with Gasteiger partial charge in [-0.15, -0.1) is 0 Å². The van der Waals surface area contributed by atoms with E-state index in [9.17, 15) is 9.59 Å².